The van der Waals surface area contributed by atoms with E-state index in [4.69, 9.17) is 33.1 Å². The summed E-state index contributed by atoms with van der Waals surface area (Å²) in [6.45, 7) is 38.2. The third-order valence-corrected chi connectivity index (χ3v) is 25.3. The maximum atomic E-state index is 8.50. The highest BCUT2D eigenvalue weighted by Crippen LogP contribution is 2.44. The number of rotatable bonds is 10. The molecule has 20 aromatic rings. The standard InChI is InChI=1S/3C23H25N2O.2C22H23N2O/c1-13(2)19-11-20(25(6)12-15(19)4)21-14(3)7-9-17-18-10-8-16(5)24-23(18)26-22(17)21;2*1-13(2)19-12-25(6)20(11-15(19)4)21-14(3)7-9-17-18-10-8-16(5)24-23(18)26-22(17)21;1-13(2)18-11-19(24(5)12-15(18)4)20-14(3)8-9-16-17-7-6-10-23-22(17)25-21(16)20;1-13(2)18-12-24(5)19(11-15(18)4)20-14(3)8-9-16-17-7-6-10-23-22(17)25-21(16)20/h3*7-13H,1-6H3;2*6-13H,1-5H3/q5*+1/i;1D3,13D;;;1D3,13D. The van der Waals surface area contributed by atoms with Crippen molar-refractivity contribution in [3.63, 3.8) is 0 Å². The smallest absolute Gasteiger partial charge is 0.227 e. The summed E-state index contributed by atoms with van der Waals surface area (Å²) in [5.74, 6) is -1.93. The van der Waals surface area contributed by atoms with Crippen LogP contribution >= 0.6 is 0 Å². The number of hydrogen-bond donors (Lipinski definition) is 0. The van der Waals surface area contributed by atoms with Gasteiger partial charge in [0.25, 0.3) is 0 Å². The fraction of sp³-hybridized carbons (Fsp3) is 0.292. The van der Waals surface area contributed by atoms with E-state index in [9.17, 15) is 0 Å². The Morgan fingerprint density at radius 3 is 0.781 bits per heavy atom. The molecule has 15 aromatic heterocycles. The van der Waals surface area contributed by atoms with Gasteiger partial charge in [-0.3, -0.25) is 0 Å². The molecule has 648 valence electrons. The lowest BCUT2D eigenvalue weighted by molar-refractivity contribution is -0.661. The molecule has 0 bridgehead atoms. The van der Waals surface area contributed by atoms with Crippen molar-refractivity contribution in [1.29, 1.82) is 0 Å². The Hall–Kier alpha value is -13.4. The van der Waals surface area contributed by atoms with E-state index in [0.29, 0.717) is 57.4 Å². The van der Waals surface area contributed by atoms with E-state index in [2.05, 4.69) is 246 Å². The minimum Gasteiger partial charge on any atom is -0.437 e. The Labute approximate surface area is 762 Å². The largest absolute Gasteiger partial charge is 0.437 e. The topological polar surface area (TPSA) is 150 Å². The van der Waals surface area contributed by atoms with Gasteiger partial charge in [-0.05, 0) is 236 Å². The number of aryl methyl sites for hydroxylation is 18. The van der Waals surface area contributed by atoms with Gasteiger partial charge in [-0.15, -0.1) is 0 Å². The Morgan fingerprint density at radius 1 is 0.258 bits per heavy atom. The average molecular weight is 1710 g/mol. The van der Waals surface area contributed by atoms with Gasteiger partial charge < -0.3 is 22.1 Å². The second kappa shape index (κ2) is 35.1. The van der Waals surface area contributed by atoms with Crippen molar-refractivity contribution in [2.75, 3.05) is 0 Å². The summed E-state index contributed by atoms with van der Waals surface area (Å²) < 4.78 is 105. The SMILES string of the molecule is Cc1c[n+](C)c(-c2c(C)ccc3c2oc2ncccc23)cc1C(C)C.Cc1ccc2c(n1)oc1c(-c3cc(C(C)C)c(C)c[n+]3C)c(C)ccc12.Cc1ccc2c(n1)oc1c(-c3cc(C)c(C(C)C)c[n+]3C)c(C)ccc12.[2H]C([2H])([2H])C([2H])(C)c1c[n+](C)c(-c2c(C)ccc3c2oc2nc(C)ccc23)cc1C.[2H]C([2H])([2H])C([2H])(C)c1c[n+](C)c(-c2c(C)ccc3c2oc2ncccc23)cc1C. The Balaban J connectivity index is 0.000000123. The van der Waals surface area contributed by atoms with Crippen molar-refractivity contribution in [3.05, 3.63) is 296 Å². The van der Waals surface area contributed by atoms with E-state index in [1.807, 2.05) is 138 Å². The van der Waals surface area contributed by atoms with Crippen LogP contribution in [-0.2, 0) is 35.2 Å². The predicted octanol–water partition coefficient (Wildman–Crippen LogP) is 27.0. The second-order valence-corrected chi connectivity index (χ2v) is 36.0. The van der Waals surface area contributed by atoms with Crippen molar-refractivity contribution in [1.82, 2.24) is 24.9 Å². The van der Waals surface area contributed by atoms with Gasteiger partial charge in [0.1, 0.15) is 35.2 Å². The number of pyridine rings is 10. The van der Waals surface area contributed by atoms with Crippen LogP contribution in [0.3, 0.4) is 0 Å². The van der Waals surface area contributed by atoms with Crippen LogP contribution in [0.1, 0.15) is 210 Å². The summed E-state index contributed by atoms with van der Waals surface area (Å²) in [6.07, 6.45) is 13.7. The summed E-state index contributed by atoms with van der Waals surface area (Å²) in [5, 5.41) is 10.5. The summed E-state index contributed by atoms with van der Waals surface area (Å²) in [7, 11) is 10.1. The molecule has 0 radical (unpaired) electrons. The van der Waals surface area contributed by atoms with Crippen molar-refractivity contribution in [3.8, 4) is 56.3 Å². The number of benzene rings is 5. The van der Waals surface area contributed by atoms with E-state index in [-0.39, 0.29) is 0 Å². The maximum Gasteiger partial charge on any atom is 0.227 e. The minimum atomic E-state index is -2.43. The second-order valence-electron chi connectivity index (χ2n) is 36.0. The molecule has 0 aliphatic carbocycles. The van der Waals surface area contributed by atoms with Crippen LogP contribution in [0.25, 0.3) is 167 Å². The zero-order chi connectivity index (χ0) is 98.0. The van der Waals surface area contributed by atoms with E-state index < -0.39 is 25.5 Å². The van der Waals surface area contributed by atoms with Crippen LogP contribution in [0, 0.1) is 90.0 Å². The molecule has 15 nitrogen and oxygen atoms in total. The molecule has 15 heteroatoms. The molecule has 0 amide bonds. The first-order valence-electron chi connectivity index (χ1n) is 48.1. The van der Waals surface area contributed by atoms with E-state index in [0.717, 1.165) is 160 Å². The molecule has 2 unspecified atom stereocenters. The van der Waals surface area contributed by atoms with E-state index >= 15 is 0 Å². The summed E-state index contributed by atoms with van der Waals surface area (Å²) in [6, 6.07) is 52.2. The molecule has 0 saturated heterocycles. The molecule has 2 atom stereocenters. The fourth-order valence-electron chi connectivity index (χ4n) is 18.6. The molecule has 0 spiro atoms. The Morgan fingerprint density at radius 2 is 0.500 bits per heavy atom. The molecule has 20 rings (SSSR count). The molecule has 0 N–H and O–H groups in total. The van der Waals surface area contributed by atoms with E-state index in [1.54, 1.807) is 24.8 Å². The first-order valence-corrected chi connectivity index (χ1v) is 44.1. The zero-order valence-corrected chi connectivity index (χ0v) is 78.7. The first kappa shape index (κ1) is 78.1. The molecular formula is C113H121N10O5+5. The van der Waals surface area contributed by atoms with Crippen molar-refractivity contribution < 1.29 is 55.9 Å². The number of aromatic nitrogens is 10. The minimum absolute atomic E-state index is 0.481. The molecule has 128 heavy (non-hydrogen) atoms. The van der Waals surface area contributed by atoms with Crippen molar-refractivity contribution in [2.24, 2.45) is 35.2 Å². The summed E-state index contributed by atoms with van der Waals surface area (Å²) in [5.41, 5.74) is 37.4. The van der Waals surface area contributed by atoms with Crippen LogP contribution in [-0.4, -0.2) is 24.9 Å². The zero-order valence-electron chi connectivity index (χ0n) is 86.7. The lowest BCUT2D eigenvalue weighted by Gasteiger charge is -2.12. The third-order valence-electron chi connectivity index (χ3n) is 25.3. The maximum absolute atomic E-state index is 8.50. The van der Waals surface area contributed by atoms with Crippen LogP contribution < -0.4 is 22.8 Å². The molecule has 15 heterocycles. The number of fused-ring (bicyclic) bond motifs is 15. The molecule has 5 aromatic carbocycles. The van der Waals surface area contributed by atoms with Crippen LogP contribution in [0.15, 0.2) is 217 Å². The molecule has 0 aliphatic rings. The predicted molar refractivity (Wildman–Crippen MR) is 523 cm³/mol. The average Bonchev–Trinajstić information content (AvgIpc) is 1.69. The monoisotopic (exact) mass is 1710 g/mol. The normalized spacial score (nSPS) is 13.8. The summed E-state index contributed by atoms with van der Waals surface area (Å²) >= 11 is 0. The summed E-state index contributed by atoms with van der Waals surface area (Å²) in [4.78, 5) is 22.4. The van der Waals surface area contributed by atoms with Crippen molar-refractivity contribution >= 4 is 110 Å². The van der Waals surface area contributed by atoms with Crippen molar-refractivity contribution in [2.45, 2.75) is 189 Å². The molecule has 0 fully saturated rings. The third kappa shape index (κ3) is 16.4. The lowest BCUT2D eigenvalue weighted by Crippen LogP contribution is -2.32. The van der Waals surface area contributed by atoms with Gasteiger partial charge in [-0.2, -0.15) is 0 Å². The molecule has 0 aliphatic heterocycles. The number of furan rings is 5. The van der Waals surface area contributed by atoms with Gasteiger partial charge in [0.05, 0.1) is 27.8 Å². The quantitative estimate of drug-likeness (QED) is 0.121. The number of nitrogens with zero attached hydrogens (tertiary/aromatic N) is 10. The van der Waals surface area contributed by atoms with Crippen LogP contribution in [0.5, 0.6) is 0 Å². The van der Waals surface area contributed by atoms with Gasteiger partial charge in [0.15, 0.2) is 58.9 Å². The van der Waals surface area contributed by atoms with Crippen LogP contribution in [0.2, 0.25) is 0 Å². The highest BCUT2D eigenvalue weighted by Gasteiger charge is 2.31. The van der Waals surface area contributed by atoms with Gasteiger partial charge in [-0.25, -0.2) is 47.8 Å². The lowest BCUT2D eigenvalue weighted by atomic mass is 9.94. The number of hydrogen-bond acceptors (Lipinski definition) is 10. The first-order chi connectivity index (χ1) is 64.1. The van der Waals surface area contributed by atoms with Crippen LogP contribution in [0.4, 0.5) is 0 Å². The van der Waals surface area contributed by atoms with Gasteiger partial charge in [0.2, 0.25) is 57.0 Å². The van der Waals surface area contributed by atoms with Gasteiger partial charge in [0, 0.05) is 152 Å². The fourth-order valence-corrected chi connectivity index (χ4v) is 18.6. The van der Waals surface area contributed by atoms with E-state index in [1.165, 1.54) is 81.0 Å². The molecular weight excluding hydrogens is 1580 g/mol. The van der Waals surface area contributed by atoms with Gasteiger partial charge >= 0.3 is 0 Å². The highest BCUT2D eigenvalue weighted by atomic mass is 16.4. The highest BCUT2D eigenvalue weighted by molar-refractivity contribution is 6.13. The Kier molecular flexibility index (Phi) is 21.4. The molecule has 0 saturated carbocycles. The Bertz CT molecular complexity index is 8180. The van der Waals surface area contributed by atoms with Gasteiger partial charge in [-0.1, -0.05) is 130 Å².